The van der Waals surface area contributed by atoms with E-state index >= 15 is 0 Å². The van der Waals surface area contributed by atoms with E-state index in [0.717, 1.165) is 73.6 Å². The van der Waals surface area contributed by atoms with Gasteiger partial charge in [-0.3, -0.25) is 9.78 Å². The van der Waals surface area contributed by atoms with E-state index in [-0.39, 0.29) is 0 Å². The van der Waals surface area contributed by atoms with E-state index in [1.807, 2.05) is 18.3 Å². The van der Waals surface area contributed by atoms with Crippen LogP contribution in [0.4, 0.5) is 5.69 Å². The number of benzene rings is 1. The largest absolute Gasteiger partial charge is 0.497 e. The number of pyridine rings is 1. The standard InChI is InChI=1S/C27H37N3O3/c1-32-22-6-7-24-23(18-22)27-26(19-28-24)33-17-16-30(27)15-10-20-8-12-29(13-9-20)14-11-21-4-2-3-5-25(21)31/h6-7,18-21H,2-5,8-17H2,1H3. The average Bonchev–Trinajstić information content (AvgIpc) is 2.87. The maximum absolute atomic E-state index is 12.1. The van der Waals surface area contributed by atoms with Gasteiger partial charge in [-0.15, -0.1) is 0 Å². The van der Waals surface area contributed by atoms with Crippen molar-refractivity contribution in [2.24, 2.45) is 11.8 Å². The molecule has 6 heteroatoms. The van der Waals surface area contributed by atoms with Gasteiger partial charge in [0.05, 0.1) is 31.1 Å². The van der Waals surface area contributed by atoms with Crippen LogP contribution in [0.2, 0.25) is 0 Å². The van der Waals surface area contributed by atoms with Gasteiger partial charge < -0.3 is 19.3 Å². The van der Waals surface area contributed by atoms with E-state index in [1.165, 1.54) is 44.5 Å². The Morgan fingerprint density at radius 3 is 2.79 bits per heavy atom. The number of rotatable bonds is 7. The van der Waals surface area contributed by atoms with E-state index in [2.05, 4.69) is 20.9 Å². The van der Waals surface area contributed by atoms with Gasteiger partial charge in [-0.1, -0.05) is 6.42 Å². The SMILES string of the molecule is COc1ccc2ncc3c(c2c1)N(CCC1CCN(CCC2CCCCC2=O)CC1)CCO3. The summed E-state index contributed by atoms with van der Waals surface area (Å²) in [6, 6.07) is 6.07. The first kappa shape index (κ1) is 22.5. The quantitative estimate of drug-likeness (QED) is 0.609. The van der Waals surface area contributed by atoms with Crippen LogP contribution < -0.4 is 14.4 Å². The number of aromatic nitrogens is 1. The fourth-order valence-electron chi connectivity index (χ4n) is 5.84. The third-order valence-electron chi connectivity index (χ3n) is 7.94. The summed E-state index contributed by atoms with van der Waals surface area (Å²) in [7, 11) is 1.71. The van der Waals surface area contributed by atoms with Gasteiger partial charge in [0.25, 0.3) is 0 Å². The Kier molecular flexibility index (Phi) is 7.00. The van der Waals surface area contributed by atoms with Crippen molar-refractivity contribution in [1.82, 2.24) is 9.88 Å². The van der Waals surface area contributed by atoms with Crippen molar-refractivity contribution in [2.45, 2.75) is 51.4 Å². The van der Waals surface area contributed by atoms with Crippen LogP contribution in [0.3, 0.4) is 0 Å². The van der Waals surface area contributed by atoms with Gasteiger partial charge in [0.15, 0.2) is 5.75 Å². The number of likely N-dealkylation sites (tertiary alicyclic amines) is 1. The predicted octanol–water partition coefficient (Wildman–Crippen LogP) is 4.69. The molecule has 1 saturated carbocycles. The molecule has 0 amide bonds. The summed E-state index contributed by atoms with van der Waals surface area (Å²) in [5.74, 6) is 3.36. The van der Waals surface area contributed by atoms with Crippen molar-refractivity contribution < 1.29 is 14.3 Å². The van der Waals surface area contributed by atoms with Gasteiger partial charge in [0.1, 0.15) is 18.1 Å². The topological polar surface area (TPSA) is 54.9 Å². The van der Waals surface area contributed by atoms with Crippen LogP contribution >= 0.6 is 0 Å². The van der Waals surface area contributed by atoms with Gasteiger partial charge in [-0.05, 0) is 82.3 Å². The number of fused-ring (bicyclic) bond motifs is 3. The maximum Gasteiger partial charge on any atom is 0.161 e. The Hall–Kier alpha value is -2.34. The second-order valence-electron chi connectivity index (χ2n) is 9.96. The van der Waals surface area contributed by atoms with Crippen molar-refractivity contribution in [3.63, 3.8) is 0 Å². The molecule has 2 aliphatic heterocycles. The molecule has 0 N–H and O–H groups in total. The number of carbonyl (C=O) groups is 1. The molecule has 6 nitrogen and oxygen atoms in total. The predicted molar refractivity (Wildman–Crippen MR) is 131 cm³/mol. The zero-order chi connectivity index (χ0) is 22.6. The summed E-state index contributed by atoms with van der Waals surface area (Å²) >= 11 is 0. The smallest absolute Gasteiger partial charge is 0.161 e. The van der Waals surface area contributed by atoms with Crippen LogP contribution in [0.25, 0.3) is 10.9 Å². The Bertz CT molecular complexity index is 965. The van der Waals surface area contributed by atoms with E-state index in [4.69, 9.17) is 9.47 Å². The van der Waals surface area contributed by atoms with Crippen LogP contribution in [-0.4, -0.2) is 62.1 Å². The highest BCUT2D eigenvalue weighted by atomic mass is 16.5. The number of hydrogen-bond acceptors (Lipinski definition) is 6. The lowest BCUT2D eigenvalue weighted by Gasteiger charge is -2.36. The molecule has 0 spiro atoms. The van der Waals surface area contributed by atoms with Crippen LogP contribution in [0, 0.1) is 11.8 Å². The van der Waals surface area contributed by atoms with Gasteiger partial charge in [0, 0.05) is 24.3 Å². The number of Topliss-reactive ketones (excluding diaryl/α,β-unsaturated/α-hetero) is 1. The number of anilines is 1. The highest BCUT2D eigenvalue weighted by Gasteiger charge is 2.26. The van der Waals surface area contributed by atoms with Gasteiger partial charge in [-0.2, -0.15) is 0 Å². The Morgan fingerprint density at radius 1 is 1.09 bits per heavy atom. The highest BCUT2D eigenvalue weighted by molar-refractivity contribution is 5.96. The lowest BCUT2D eigenvalue weighted by atomic mass is 9.85. The van der Waals surface area contributed by atoms with E-state index in [1.54, 1.807) is 7.11 Å². The summed E-state index contributed by atoms with van der Waals surface area (Å²) in [5, 5.41) is 1.11. The summed E-state index contributed by atoms with van der Waals surface area (Å²) in [5.41, 5.74) is 2.15. The minimum absolute atomic E-state index is 0.334. The molecule has 0 bridgehead atoms. The zero-order valence-corrected chi connectivity index (χ0v) is 19.9. The first-order valence-electron chi connectivity index (χ1n) is 12.8. The molecular weight excluding hydrogens is 414 g/mol. The van der Waals surface area contributed by atoms with Crippen molar-refractivity contribution in [1.29, 1.82) is 0 Å². The molecule has 2 aromatic rings. The monoisotopic (exact) mass is 451 g/mol. The number of ketones is 1. The zero-order valence-electron chi connectivity index (χ0n) is 19.9. The summed E-state index contributed by atoms with van der Waals surface area (Å²) < 4.78 is 11.4. The third kappa shape index (κ3) is 5.11. The summed E-state index contributed by atoms with van der Waals surface area (Å²) in [4.78, 5) is 21.8. The molecular formula is C27H37N3O3. The number of piperidine rings is 1. The van der Waals surface area contributed by atoms with E-state index in [0.29, 0.717) is 18.3 Å². The maximum atomic E-state index is 12.1. The minimum Gasteiger partial charge on any atom is -0.497 e. The highest BCUT2D eigenvalue weighted by Crippen LogP contribution is 2.39. The Morgan fingerprint density at radius 2 is 1.97 bits per heavy atom. The first-order chi connectivity index (χ1) is 16.2. The molecule has 1 aromatic heterocycles. The molecule has 1 aliphatic carbocycles. The average molecular weight is 452 g/mol. The normalized spacial score (nSPS) is 22.3. The van der Waals surface area contributed by atoms with E-state index in [9.17, 15) is 4.79 Å². The molecule has 0 radical (unpaired) electrons. The molecule has 5 rings (SSSR count). The second-order valence-corrected chi connectivity index (χ2v) is 9.96. The van der Waals surface area contributed by atoms with Crippen molar-refractivity contribution in [3.05, 3.63) is 24.4 Å². The molecule has 2 fully saturated rings. The lowest BCUT2D eigenvalue weighted by Crippen LogP contribution is -2.38. The molecule has 1 atom stereocenters. The number of methoxy groups -OCH3 is 1. The van der Waals surface area contributed by atoms with Crippen LogP contribution in [-0.2, 0) is 4.79 Å². The summed E-state index contributed by atoms with van der Waals surface area (Å²) in [6.07, 6.45) is 10.9. The van der Waals surface area contributed by atoms with Crippen LogP contribution in [0.15, 0.2) is 24.4 Å². The fraction of sp³-hybridized carbons (Fsp3) is 0.630. The molecule has 33 heavy (non-hydrogen) atoms. The molecule has 1 aromatic carbocycles. The molecule has 3 aliphatic rings. The number of carbonyl (C=O) groups excluding carboxylic acids is 1. The van der Waals surface area contributed by atoms with Gasteiger partial charge in [0.2, 0.25) is 0 Å². The molecule has 1 unspecified atom stereocenters. The number of hydrogen-bond donors (Lipinski definition) is 0. The Labute approximate surface area is 197 Å². The van der Waals surface area contributed by atoms with Crippen molar-refractivity contribution in [2.75, 3.05) is 51.3 Å². The summed E-state index contributed by atoms with van der Waals surface area (Å²) in [6.45, 7) is 6.12. The number of nitrogens with zero attached hydrogens (tertiary/aromatic N) is 3. The first-order valence-corrected chi connectivity index (χ1v) is 12.8. The minimum atomic E-state index is 0.334. The lowest BCUT2D eigenvalue weighted by molar-refractivity contribution is -0.124. The van der Waals surface area contributed by atoms with E-state index < -0.39 is 0 Å². The van der Waals surface area contributed by atoms with Crippen LogP contribution in [0.1, 0.15) is 51.4 Å². The van der Waals surface area contributed by atoms with Crippen LogP contribution in [0.5, 0.6) is 11.5 Å². The third-order valence-corrected chi connectivity index (χ3v) is 7.94. The van der Waals surface area contributed by atoms with Gasteiger partial charge >= 0.3 is 0 Å². The van der Waals surface area contributed by atoms with Crippen molar-refractivity contribution >= 4 is 22.4 Å². The molecule has 178 valence electrons. The molecule has 1 saturated heterocycles. The van der Waals surface area contributed by atoms with Crippen molar-refractivity contribution in [3.8, 4) is 11.5 Å². The number of ether oxygens (including phenoxy) is 2. The van der Waals surface area contributed by atoms with Gasteiger partial charge in [-0.25, -0.2) is 0 Å². The second kappa shape index (κ2) is 10.3. The molecule has 3 heterocycles. The Balaban J connectivity index is 1.15. The fourth-order valence-corrected chi connectivity index (χ4v) is 5.84.